The van der Waals surface area contributed by atoms with Gasteiger partial charge in [-0.2, -0.15) is 0 Å². The lowest BCUT2D eigenvalue weighted by atomic mass is 9.90. The van der Waals surface area contributed by atoms with Crippen LogP contribution < -0.4 is 4.74 Å². The van der Waals surface area contributed by atoms with Gasteiger partial charge in [0.15, 0.2) is 0 Å². The van der Waals surface area contributed by atoms with Gasteiger partial charge in [-0.1, -0.05) is 0 Å². The third kappa shape index (κ3) is 2.80. The Balaban J connectivity index is 1.77. The second kappa shape index (κ2) is 5.65. The number of methoxy groups -OCH3 is 1. The number of piperidine rings is 1. The molecule has 0 aliphatic carbocycles. The number of nitrogens with zero attached hydrogens (tertiary/aromatic N) is 1. The number of carboxylic acid groups (broad SMARTS) is 1. The summed E-state index contributed by atoms with van der Waals surface area (Å²) in [6.45, 7) is 1.24. The maximum atomic E-state index is 10.5. The Labute approximate surface area is 122 Å². The molecule has 0 spiro atoms. The molecule has 6 heteroatoms. The molecule has 21 heavy (non-hydrogen) atoms. The Morgan fingerprint density at radius 2 is 2.14 bits per heavy atom. The van der Waals surface area contributed by atoms with Gasteiger partial charge in [0.25, 0.3) is 0 Å². The number of carbonyl (C=O) groups is 1. The van der Waals surface area contributed by atoms with Crippen molar-refractivity contribution >= 4 is 17.1 Å². The van der Waals surface area contributed by atoms with Crippen molar-refractivity contribution in [1.82, 2.24) is 10.0 Å². The number of aromatic nitrogens is 1. The second-order valence-electron chi connectivity index (χ2n) is 5.22. The largest absolute Gasteiger partial charge is 0.525 e. The summed E-state index contributed by atoms with van der Waals surface area (Å²) in [6.07, 6.45) is 2.54. The number of ether oxygens (including phenoxy) is 1. The molecule has 1 aromatic carbocycles. The van der Waals surface area contributed by atoms with E-state index < -0.39 is 6.16 Å². The number of rotatable bonds is 3. The fourth-order valence-electron chi connectivity index (χ4n) is 2.95. The van der Waals surface area contributed by atoms with Crippen molar-refractivity contribution in [3.8, 4) is 5.75 Å². The summed E-state index contributed by atoms with van der Waals surface area (Å²) in [6, 6.07) is 5.99. The summed E-state index contributed by atoms with van der Waals surface area (Å²) in [4.78, 5) is 18.5. The first-order valence-corrected chi connectivity index (χ1v) is 6.98. The van der Waals surface area contributed by atoms with E-state index in [0.29, 0.717) is 19.0 Å². The van der Waals surface area contributed by atoms with E-state index in [9.17, 15) is 4.79 Å². The Bertz CT molecular complexity index is 644. The van der Waals surface area contributed by atoms with Gasteiger partial charge >= 0.3 is 6.16 Å². The first kappa shape index (κ1) is 13.8. The normalized spacial score (nSPS) is 17.0. The molecule has 1 fully saturated rings. The number of hydrogen-bond acceptors (Lipinski definition) is 4. The van der Waals surface area contributed by atoms with E-state index in [1.165, 1.54) is 16.0 Å². The van der Waals surface area contributed by atoms with E-state index in [4.69, 9.17) is 14.7 Å². The summed E-state index contributed by atoms with van der Waals surface area (Å²) in [5.41, 5.74) is 2.36. The minimum absolute atomic E-state index is 0.402. The fourth-order valence-corrected chi connectivity index (χ4v) is 2.95. The van der Waals surface area contributed by atoms with Crippen LogP contribution in [0, 0.1) is 0 Å². The van der Waals surface area contributed by atoms with E-state index in [1.54, 1.807) is 7.11 Å². The fraction of sp³-hybridized carbons (Fsp3) is 0.400. The molecular weight excluding hydrogens is 272 g/mol. The van der Waals surface area contributed by atoms with E-state index in [1.807, 2.05) is 24.4 Å². The van der Waals surface area contributed by atoms with E-state index >= 15 is 0 Å². The molecule has 2 N–H and O–H groups in total. The molecule has 0 atom stereocenters. The maximum Gasteiger partial charge on any atom is 0.525 e. The number of aromatic amines is 1. The van der Waals surface area contributed by atoms with Crippen LogP contribution in [0.15, 0.2) is 24.4 Å². The van der Waals surface area contributed by atoms with Crippen LogP contribution in [0.5, 0.6) is 5.75 Å². The third-order valence-corrected chi connectivity index (χ3v) is 4.02. The van der Waals surface area contributed by atoms with E-state index in [0.717, 1.165) is 24.1 Å². The lowest BCUT2D eigenvalue weighted by Gasteiger charge is -2.29. The highest BCUT2D eigenvalue weighted by Gasteiger charge is 2.24. The Morgan fingerprint density at radius 3 is 2.81 bits per heavy atom. The van der Waals surface area contributed by atoms with Crippen LogP contribution in [-0.2, 0) is 4.84 Å². The van der Waals surface area contributed by atoms with E-state index in [2.05, 4.69) is 4.98 Å². The molecule has 1 aliphatic rings. The van der Waals surface area contributed by atoms with Crippen LogP contribution in [0.25, 0.3) is 10.9 Å². The zero-order valence-corrected chi connectivity index (χ0v) is 11.8. The second-order valence-corrected chi connectivity index (χ2v) is 5.22. The van der Waals surface area contributed by atoms with Crippen molar-refractivity contribution in [2.45, 2.75) is 18.8 Å². The smallest absolute Gasteiger partial charge is 0.497 e. The first-order chi connectivity index (χ1) is 10.2. The van der Waals surface area contributed by atoms with Gasteiger partial charge < -0.3 is 19.7 Å². The number of hydroxylamine groups is 2. The molecule has 1 aromatic heterocycles. The lowest BCUT2D eigenvalue weighted by molar-refractivity contribution is -0.131. The van der Waals surface area contributed by atoms with Gasteiger partial charge in [0.05, 0.1) is 7.11 Å². The van der Waals surface area contributed by atoms with Gasteiger partial charge in [-0.05, 0) is 42.5 Å². The number of H-pyrrole nitrogens is 1. The van der Waals surface area contributed by atoms with Crippen LogP contribution >= 0.6 is 0 Å². The topological polar surface area (TPSA) is 74.8 Å². The molecule has 0 unspecified atom stereocenters. The first-order valence-electron chi connectivity index (χ1n) is 6.98. The average molecular weight is 290 g/mol. The highest BCUT2D eigenvalue weighted by molar-refractivity contribution is 5.85. The molecule has 2 aromatic rings. The zero-order valence-electron chi connectivity index (χ0n) is 11.8. The number of fused-ring (bicyclic) bond motifs is 1. The van der Waals surface area contributed by atoms with Crippen molar-refractivity contribution in [2.24, 2.45) is 0 Å². The Kier molecular flexibility index (Phi) is 3.70. The molecule has 2 heterocycles. The van der Waals surface area contributed by atoms with E-state index in [-0.39, 0.29) is 0 Å². The molecule has 1 saturated heterocycles. The quantitative estimate of drug-likeness (QED) is 0.909. The Hall–Kier alpha value is -2.21. The van der Waals surface area contributed by atoms with Crippen molar-refractivity contribution in [3.63, 3.8) is 0 Å². The SMILES string of the molecule is COc1ccc2[nH]cc(C3CCN(OC(=O)O)CC3)c2c1. The molecule has 112 valence electrons. The molecule has 0 amide bonds. The van der Waals surface area contributed by atoms with Crippen LogP contribution in [0.2, 0.25) is 0 Å². The third-order valence-electron chi connectivity index (χ3n) is 4.02. The molecular formula is C15H18N2O4. The standard InChI is InChI=1S/C15H18N2O4/c1-20-11-2-3-14-12(8-11)13(9-16-14)10-4-6-17(7-5-10)21-15(18)19/h2-3,8-10,16H,4-7H2,1H3,(H,18,19). The summed E-state index contributed by atoms with van der Waals surface area (Å²) in [5, 5.41) is 11.3. The lowest BCUT2D eigenvalue weighted by Crippen LogP contribution is -2.34. The van der Waals surface area contributed by atoms with Crippen molar-refractivity contribution in [3.05, 3.63) is 30.0 Å². The predicted octanol–water partition coefficient (Wildman–Crippen LogP) is 2.97. The van der Waals surface area contributed by atoms with Gasteiger partial charge in [-0.15, -0.1) is 5.06 Å². The minimum Gasteiger partial charge on any atom is -0.497 e. The highest BCUT2D eigenvalue weighted by Crippen LogP contribution is 2.34. The van der Waals surface area contributed by atoms with Gasteiger partial charge in [-0.25, -0.2) is 4.79 Å². The molecule has 0 saturated carbocycles. The summed E-state index contributed by atoms with van der Waals surface area (Å²) >= 11 is 0. The Morgan fingerprint density at radius 1 is 1.38 bits per heavy atom. The van der Waals surface area contributed by atoms with Crippen molar-refractivity contribution in [1.29, 1.82) is 0 Å². The van der Waals surface area contributed by atoms with Crippen molar-refractivity contribution in [2.75, 3.05) is 20.2 Å². The van der Waals surface area contributed by atoms with Gasteiger partial charge in [0, 0.05) is 30.2 Å². The minimum atomic E-state index is -1.25. The van der Waals surface area contributed by atoms with Gasteiger partial charge in [0.1, 0.15) is 5.75 Å². The maximum absolute atomic E-state index is 10.5. The molecule has 0 radical (unpaired) electrons. The van der Waals surface area contributed by atoms with Crippen LogP contribution in [0.1, 0.15) is 24.3 Å². The molecule has 1 aliphatic heterocycles. The number of benzene rings is 1. The molecule has 6 nitrogen and oxygen atoms in total. The monoisotopic (exact) mass is 290 g/mol. The summed E-state index contributed by atoms with van der Waals surface area (Å²) < 4.78 is 5.29. The van der Waals surface area contributed by atoms with Crippen LogP contribution in [0.4, 0.5) is 4.79 Å². The average Bonchev–Trinajstić information content (AvgIpc) is 2.90. The zero-order chi connectivity index (χ0) is 14.8. The highest BCUT2D eigenvalue weighted by atomic mass is 16.8. The predicted molar refractivity (Wildman–Crippen MR) is 77.5 cm³/mol. The van der Waals surface area contributed by atoms with Gasteiger partial charge in [-0.3, -0.25) is 0 Å². The molecule has 0 bridgehead atoms. The summed E-state index contributed by atoms with van der Waals surface area (Å²) in [7, 11) is 1.66. The van der Waals surface area contributed by atoms with Crippen LogP contribution in [-0.4, -0.2) is 41.5 Å². The summed E-state index contributed by atoms with van der Waals surface area (Å²) in [5.74, 6) is 1.24. The number of hydrogen-bond donors (Lipinski definition) is 2. The van der Waals surface area contributed by atoms with Crippen LogP contribution in [0.3, 0.4) is 0 Å². The molecule has 3 rings (SSSR count). The number of nitrogens with one attached hydrogen (secondary N) is 1. The van der Waals surface area contributed by atoms with Crippen molar-refractivity contribution < 1.29 is 19.5 Å². The van der Waals surface area contributed by atoms with Gasteiger partial charge in [0.2, 0.25) is 0 Å².